The molecule has 2 aromatic rings. The van der Waals surface area contributed by atoms with E-state index < -0.39 is 0 Å². The van der Waals surface area contributed by atoms with E-state index in [9.17, 15) is 0 Å². The van der Waals surface area contributed by atoms with Gasteiger partial charge >= 0.3 is 0 Å². The Morgan fingerprint density at radius 2 is 1.94 bits per heavy atom. The smallest absolute Gasteiger partial charge is 0.167 e. The molecule has 4 heteroatoms. The van der Waals surface area contributed by atoms with Crippen LogP contribution in [-0.2, 0) is 13.1 Å². The Morgan fingerprint density at radius 3 is 2.56 bits per heavy atom. The van der Waals surface area contributed by atoms with E-state index in [2.05, 4.69) is 42.1 Å². The molecule has 1 aromatic carbocycles. The number of hydrogen-bond donors (Lipinski definition) is 1. The summed E-state index contributed by atoms with van der Waals surface area (Å²) < 4.78 is 5.10. The SMILES string of the molecule is Cc1ccc(CN(C)Cc2cc(N)no2)cc1C. The van der Waals surface area contributed by atoms with Gasteiger partial charge < -0.3 is 10.3 Å². The van der Waals surface area contributed by atoms with Crippen molar-refractivity contribution < 1.29 is 4.52 Å². The third kappa shape index (κ3) is 3.11. The van der Waals surface area contributed by atoms with Crippen molar-refractivity contribution >= 4 is 5.82 Å². The number of benzene rings is 1. The third-order valence-corrected chi connectivity index (χ3v) is 3.03. The van der Waals surface area contributed by atoms with Crippen molar-refractivity contribution in [3.8, 4) is 0 Å². The number of anilines is 1. The summed E-state index contributed by atoms with van der Waals surface area (Å²) in [4.78, 5) is 2.17. The zero-order valence-electron chi connectivity index (χ0n) is 11.1. The Labute approximate surface area is 107 Å². The molecular weight excluding hydrogens is 226 g/mol. The molecule has 0 bridgehead atoms. The van der Waals surface area contributed by atoms with Crippen LogP contribution in [0, 0.1) is 13.8 Å². The maximum absolute atomic E-state index is 5.52. The monoisotopic (exact) mass is 245 g/mol. The van der Waals surface area contributed by atoms with E-state index in [-0.39, 0.29) is 0 Å². The van der Waals surface area contributed by atoms with Gasteiger partial charge in [0.25, 0.3) is 0 Å². The molecule has 2 rings (SSSR count). The molecule has 0 aliphatic carbocycles. The largest absolute Gasteiger partial charge is 0.381 e. The quantitative estimate of drug-likeness (QED) is 0.899. The fourth-order valence-corrected chi connectivity index (χ4v) is 1.94. The van der Waals surface area contributed by atoms with E-state index in [0.717, 1.165) is 12.3 Å². The number of nitrogen functional groups attached to an aromatic ring is 1. The number of nitrogens with zero attached hydrogens (tertiary/aromatic N) is 2. The Kier molecular flexibility index (Phi) is 3.67. The number of nitrogens with two attached hydrogens (primary N) is 1. The summed E-state index contributed by atoms with van der Waals surface area (Å²) in [7, 11) is 2.05. The molecule has 0 spiro atoms. The Morgan fingerprint density at radius 1 is 1.17 bits per heavy atom. The van der Waals surface area contributed by atoms with Gasteiger partial charge in [-0.05, 0) is 37.6 Å². The van der Waals surface area contributed by atoms with E-state index in [1.54, 1.807) is 6.07 Å². The predicted octanol–water partition coefficient (Wildman–Crippen LogP) is 2.51. The maximum Gasteiger partial charge on any atom is 0.167 e. The van der Waals surface area contributed by atoms with Crippen molar-refractivity contribution in [1.82, 2.24) is 10.1 Å². The van der Waals surface area contributed by atoms with E-state index in [4.69, 9.17) is 10.3 Å². The highest BCUT2D eigenvalue weighted by molar-refractivity contribution is 5.30. The van der Waals surface area contributed by atoms with Crippen molar-refractivity contribution in [3.63, 3.8) is 0 Å². The van der Waals surface area contributed by atoms with Gasteiger partial charge in [-0.2, -0.15) is 0 Å². The van der Waals surface area contributed by atoms with Gasteiger partial charge in [-0.3, -0.25) is 4.90 Å². The van der Waals surface area contributed by atoms with Crippen molar-refractivity contribution in [2.24, 2.45) is 0 Å². The van der Waals surface area contributed by atoms with Gasteiger partial charge in [0, 0.05) is 12.6 Å². The van der Waals surface area contributed by atoms with Crippen molar-refractivity contribution in [3.05, 3.63) is 46.7 Å². The summed E-state index contributed by atoms with van der Waals surface area (Å²) in [5.74, 6) is 1.23. The maximum atomic E-state index is 5.52. The van der Waals surface area contributed by atoms with E-state index >= 15 is 0 Å². The molecule has 0 aliphatic rings. The summed E-state index contributed by atoms with van der Waals surface area (Å²) in [6.45, 7) is 5.84. The Balaban J connectivity index is 1.98. The second-order valence-corrected chi connectivity index (χ2v) is 4.81. The lowest BCUT2D eigenvalue weighted by molar-refractivity contribution is 0.267. The molecule has 0 aliphatic heterocycles. The minimum atomic E-state index is 0.435. The topological polar surface area (TPSA) is 55.3 Å². The van der Waals surface area contributed by atoms with E-state index in [1.165, 1.54) is 16.7 Å². The van der Waals surface area contributed by atoms with Crippen LogP contribution in [0.3, 0.4) is 0 Å². The van der Waals surface area contributed by atoms with Crippen LogP contribution >= 0.6 is 0 Å². The number of aryl methyl sites for hydroxylation is 2. The molecule has 0 fully saturated rings. The van der Waals surface area contributed by atoms with E-state index in [0.29, 0.717) is 12.4 Å². The second-order valence-electron chi connectivity index (χ2n) is 4.81. The van der Waals surface area contributed by atoms with Crippen LogP contribution in [0.2, 0.25) is 0 Å². The van der Waals surface area contributed by atoms with Gasteiger partial charge in [-0.15, -0.1) is 0 Å². The average molecular weight is 245 g/mol. The molecule has 4 nitrogen and oxygen atoms in total. The molecule has 2 N–H and O–H groups in total. The molecule has 0 amide bonds. The first-order valence-electron chi connectivity index (χ1n) is 6.00. The van der Waals surface area contributed by atoms with Crippen LogP contribution in [0.5, 0.6) is 0 Å². The summed E-state index contributed by atoms with van der Waals surface area (Å²) >= 11 is 0. The molecule has 18 heavy (non-hydrogen) atoms. The summed E-state index contributed by atoms with van der Waals surface area (Å²) in [6, 6.07) is 8.30. The van der Waals surface area contributed by atoms with Gasteiger partial charge in [-0.1, -0.05) is 23.4 Å². The van der Waals surface area contributed by atoms with Crippen LogP contribution in [0.4, 0.5) is 5.82 Å². The highest BCUT2D eigenvalue weighted by Crippen LogP contribution is 2.13. The first kappa shape index (κ1) is 12.6. The Hall–Kier alpha value is -1.81. The lowest BCUT2D eigenvalue weighted by atomic mass is 10.1. The minimum absolute atomic E-state index is 0.435. The van der Waals surface area contributed by atoms with Crippen LogP contribution in [0.15, 0.2) is 28.8 Å². The van der Waals surface area contributed by atoms with Gasteiger partial charge in [0.15, 0.2) is 11.6 Å². The molecule has 0 unspecified atom stereocenters. The van der Waals surface area contributed by atoms with Gasteiger partial charge in [0.2, 0.25) is 0 Å². The standard InChI is InChI=1S/C14H19N3O/c1-10-4-5-12(6-11(10)2)8-17(3)9-13-7-14(15)16-18-13/h4-7H,8-9H2,1-3H3,(H2,15,16). The Bertz CT molecular complexity index is 534. The van der Waals surface area contributed by atoms with Crippen LogP contribution in [0.25, 0.3) is 0 Å². The summed E-state index contributed by atoms with van der Waals surface area (Å²) in [5, 5.41) is 3.68. The molecule has 0 saturated carbocycles. The molecule has 0 atom stereocenters. The van der Waals surface area contributed by atoms with Gasteiger partial charge in [0.05, 0.1) is 6.54 Å². The molecular formula is C14H19N3O. The van der Waals surface area contributed by atoms with Crippen molar-refractivity contribution in [2.45, 2.75) is 26.9 Å². The molecule has 0 radical (unpaired) electrons. The average Bonchev–Trinajstić information content (AvgIpc) is 2.69. The summed E-state index contributed by atoms with van der Waals surface area (Å²) in [5.41, 5.74) is 9.47. The third-order valence-electron chi connectivity index (χ3n) is 3.03. The van der Waals surface area contributed by atoms with E-state index in [1.807, 2.05) is 7.05 Å². The molecule has 0 saturated heterocycles. The fraction of sp³-hybridized carbons (Fsp3) is 0.357. The zero-order chi connectivity index (χ0) is 13.1. The van der Waals surface area contributed by atoms with Crippen LogP contribution in [0.1, 0.15) is 22.5 Å². The minimum Gasteiger partial charge on any atom is -0.381 e. The second kappa shape index (κ2) is 5.23. The van der Waals surface area contributed by atoms with Crippen LogP contribution < -0.4 is 5.73 Å². The van der Waals surface area contributed by atoms with Gasteiger partial charge in [-0.25, -0.2) is 0 Å². The highest BCUT2D eigenvalue weighted by atomic mass is 16.5. The fourth-order valence-electron chi connectivity index (χ4n) is 1.94. The summed E-state index contributed by atoms with van der Waals surface area (Å²) in [6.07, 6.45) is 0. The number of aromatic nitrogens is 1. The first-order chi connectivity index (χ1) is 8.54. The molecule has 1 heterocycles. The number of rotatable bonds is 4. The first-order valence-corrected chi connectivity index (χ1v) is 6.00. The molecule has 1 aromatic heterocycles. The lowest BCUT2D eigenvalue weighted by Crippen LogP contribution is -2.16. The van der Waals surface area contributed by atoms with Crippen molar-refractivity contribution in [1.29, 1.82) is 0 Å². The number of hydrogen-bond acceptors (Lipinski definition) is 4. The van der Waals surface area contributed by atoms with Gasteiger partial charge in [0.1, 0.15) is 0 Å². The predicted molar refractivity (Wildman–Crippen MR) is 72.0 cm³/mol. The zero-order valence-corrected chi connectivity index (χ0v) is 11.1. The molecule has 96 valence electrons. The lowest BCUT2D eigenvalue weighted by Gasteiger charge is -2.15. The van der Waals surface area contributed by atoms with Crippen molar-refractivity contribution in [2.75, 3.05) is 12.8 Å². The van der Waals surface area contributed by atoms with Crippen LogP contribution in [-0.4, -0.2) is 17.1 Å². The highest BCUT2D eigenvalue weighted by Gasteiger charge is 2.06. The normalized spacial score (nSPS) is 11.1.